The average molecular weight is 441 g/mol. The summed E-state index contributed by atoms with van der Waals surface area (Å²) >= 11 is 0. The van der Waals surface area contributed by atoms with Crippen molar-refractivity contribution in [1.29, 1.82) is 0 Å². The second-order valence-electron chi connectivity index (χ2n) is 8.49. The molecule has 5 rings (SSSR count). The van der Waals surface area contributed by atoms with Gasteiger partial charge in [-0.2, -0.15) is 0 Å². The van der Waals surface area contributed by atoms with Crippen LogP contribution in [0.15, 0.2) is 18.3 Å². The van der Waals surface area contributed by atoms with Crippen LogP contribution < -0.4 is 0 Å². The zero-order chi connectivity index (χ0) is 22.0. The Kier molecular flexibility index (Phi) is 4.87. The van der Waals surface area contributed by atoms with Gasteiger partial charge in [0.05, 0.1) is 19.4 Å². The molecule has 3 aliphatic rings. The Balaban J connectivity index is 1.53. The fourth-order valence-corrected chi connectivity index (χ4v) is 4.49. The number of halogens is 3. The normalized spacial score (nSPS) is 34.8. The molecule has 1 aromatic carbocycles. The molecule has 8 nitrogen and oxygen atoms in total. The summed E-state index contributed by atoms with van der Waals surface area (Å²) in [6, 6.07) is 0.911. The number of fused-ring (bicyclic) bond motifs is 1. The SMILES string of the molecule is CC1(C)OC[C@H]2O[C@@]3(CCCO3)C(O)[C@@H](n3cc(-c4cc(F)c(F)c(F)c4)nn3)[C@H]2O1. The Morgan fingerprint density at radius 3 is 2.55 bits per heavy atom. The van der Waals surface area contributed by atoms with Gasteiger partial charge < -0.3 is 24.1 Å². The molecule has 31 heavy (non-hydrogen) atoms. The highest BCUT2D eigenvalue weighted by molar-refractivity contribution is 5.57. The van der Waals surface area contributed by atoms with E-state index in [4.69, 9.17) is 18.9 Å². The lowest BCUT2D eigenvalue weighted by Gasteiger charge is -2.53. The van der Waals surface area contributed by atoms with Gasteiger partial charge in [0.15, 0.2) is 29.0 Å². The van der Waals surface area contributed by atoms with Crippen LogP contribution in [0.2, 0.25) is 0 Å². The molecule has 3 saturated heterocycles. The molecule has 1 aromatic heterocycles. The number of nitrogens with zero attached hydrogens (tertiary/aromatic N) is 3. The molecule has 0 saturated carbocycles. The van der Waals surface area contributed by atoms with E-state index in [1.165, 1.54) is 10.9 Å². The van der Waals surface area contributed by atoms with Crippen LogP contribution in [-0.2, 0) is 18.9 Å². The van der Waals surface area contributed by atoms with Gasteiger partial charge in [-0.15, -0.1) is 5.10 Å². The van der Waals surface area contributed by atoms with E-state index in [1.54, 1.807) is 13.8 Å². The molecule has 1 unspecified atom stereocenters. The molecule has 1 spiro atoms. The van der Waals surface area contributed by atoms with E-state index in [2.05, 4.69) is 10.3 Å². The van der Waals surface area contributed by atoms with E-state index < -0.39 is 53.4 Å². The quantitative estimate of drug-likeness (QED) is 0.716. The summed E-state index contributed by atoms with van der Waals surface area (Å²) in [6.45, 7) is 4.16. The molecule has 168 valence electrons. The van der Waals surface area contributed by atoms with Crippen molar-refractivity contribution in [1.82, 2.24) is 15.0 Å². The van der Waals surface area contributed by atoms with Crippen molar-refractivity contribution in [2.75, 3.05) is 13.2 Å². The monoisotopic (exact) mass is 441 g/mol. The van der Waals surface area contributed by atoms with Gasteiger partial charge in [-0.25, -0.2) is 17.9 Å². The van der Waals surface area contributed by atoms with E-state index in [0.29, 0.717) is 19.4 Å². The summed E-state index contributed by atoms with van der Waals surface area (Å²) in [5.74, 6) is -6.37. The summed E-state index contributed by atoms with van der Waals surface area (Å²) in [4.78, 5) is 0. The summed E-state index contributed by atoms with van der Waals surface area (Å²) in [5, 5.41) is 19.3. The number of aliphatic hydroxyl groups excluding tert-OH is 1. The predicted octanol–water partition coefficient (Wildman–Crippen LogP) is 2.32. The van der Waals surface area contributed by atoms with Gasteiger partial charge in [-0.3, -0.25) is 0 Å². The van der Waals surface area contributed by atoms with Crippen molar-refractivity contribution in [3.05, 3.63) is 35.8 Å². The minimum Gasteiger partial charge on any atom is -0.385 e. The predicted molar refractivity (Wildman–Crippen MR) is 98.1 cm³/mol. The fraction of sp³-hybridized carbons (Fsp3) is 0.600. The Labute approximate surface area is 175 Å². The Bertz CT molecular complexity index is 971. The number of benzene rings is 1. The molecule has 2 aromatic rings. The molecule has 4 heterocycles. The topological polar surface area (TPSA) is 87.9 Å². The van der Waals surface area contributed by atoms with Crippen LogP contribution in [0.4, 0.5) is 13.2 Å². The Hall–Kier alpha value is -2.05. The first-order valence-corrected chi connectivity index (χ1v) is 10.1. The first-order chi connectivity index (χ1) is 14.7. The van der Waals surface area contributed by atoms with Crippen molar-refractivity contribution < 1.29 is 37.2 Å². The van der Waals surface area contributed by atoms with Gasteiger partial charge in [-0.05, 0) is 32.4 Å². The number of ether oxygens (including phenoxy) is 4. The molecule has 0 radical (unpaired) electrons. The van der Waals surface area contributed by atoms with Crippen LogP contribution in [0.5, 0.6) is 0 Å². The molecular formula is C20H22F3N3O5. The third kappa shape index (κ3) is 3.44. The number of rotatable bonds is 2. The van der Waals surface area contributed by atoms with Gasteiger partial charge in [0.25, 0.3) is 0 Å². The van der Waals surface area contributed by atoms with Gasteiger partial charge in [0.2, 0.25) is 0 Å². The molecule has 11 heteroatoms. The number of hydrogen-bond acceptors (Lipinski definition) is 7. The van der Waals surface area contributed by atoms with E-state index in [1.807, 2.05) is 0 Å². The highest BCUT2D eigenvalue weighted by Gasteiger charge is 2.60. The van der Waals surface area contributed by atoms with Crippen LogP contribution in [0, 0.1) is 17.5 Å². The fourth-order valence-electron chi connectivity index (χ4n) is 4.49. The molecule has 0 bridgehead atoms. The van der Waals surface area contributed by atoms with Crippen LogP contribution in [0.1, 0.15) is 32.7 Å². The van der Waals surface area contributed by atoms with Gasteiger partial charge in [-0.1, -0.05) is 5.21 Å². The van der Waals surface area contributed by atoms with Crippen LogP contribution >= 0.6 is 0 Å². The minimum absolute atomic E-state index is 0.0146. The lowest BCUT2D eigenvalue weighted by molar-refractivity contribution is -0.399. The zero-order valence-corrected chi connectivity index (χ0v) is 16.9. The third-order valence-corrected chi connectivity index (χ3v) is 5.95. The maximum atomic E-state index is 13.7. The maximum Gasteiger partial charge on any atom is 0.197 e. The minimum atomic E-state index is -1.56. The smallest absolute Gasteiger partial charge is 0.197 e. The van der Waals surface area contributed by atoms with E-state index in [9.17, 15) is 18.3 Å². The van der Waals surface area contributed by atoms with Crippen LogP contribution in [0.3, 0.4) is 0 Å². The zero-order valence-electron chi connectivity index (χ0n) is 16.9. The van der Waals surface area contributed by atoms with E-state index in [-0.39, 0.29) is 17.9 Å². The first-order valence-electron chi connectivity index (χ1n) is 10.1. The van der Waals surface area contributed by atoms with Crippen molar-refractivity contribution in [2.24, 2.45) is 0 Å². The number of aromatic nitrogens is 3. The van der Waals surface area contributed by atoms with Gasteiger partial charge in [0.1, 0.15) is 30.0 Å². The molecular weight excluding hydrogens is 419 g/mol. The van der Waals surface area contributed by atoms with E-state index >= 15 is 0 Å². The molecule has 3 fully saturated rings. The molecule has 5 atom stereocenters. The summed E-state index contributed by atoms with van der Waals surface area (Å²) in [5.41, 5.74) is 0.126. The summed E-state index contributed by atoms with van der Waals surface area (Å²) in [6.07, 6.45) is 0.286. The molecule has 0 amide bonds. The van der Waals surface area contributed by atoms with Gasteiger partial charge >= 0.3 is 0 Å². The molecule has 0 aliphatic carbocycles. The van der Waals surface area contributed by atoms with Crippen LogP contribution in [-0.4, -0.2) is 63.2 Å². The van der Waals surface area contributed by atoms with E-state index in [0.717, 1.165) is 12.1 Å². The Morgan fingerprint density at radius 1 is 1.13 bits per heavy atom. The largest absolute Gasteiger partial charge is 0.385 e. The van der Waals surface area contributed by atoms with Crippen molar-refractivity contribution in [2.45, 2.75) is 62.6 Å². The second-order valence-corrected chi connectivity index (χ2v) is 8.49. The summed E-state index contributed by atoms with van der Waals surface area (Å²) in [7, 11) is 0. The van der Waals surface area contributed by atoms with Crippen molar-refractivity contribution in [3.63, 3.8) is 0 Å². The number of aliphatic hydroxyl groups is 1. The lowest BCUT2D eigenvalue weighted by atomic mass is 9.88. The molecule has 3 aliphatic heterocycles. The number of hydrogen-bond donors (Lipinski definition) is 1. The second kappa shape index (κ2) is 7.24. The standard InChI is InChI=1S/C20H22F3N3O5/c1-19(2)29-9-14-17(31-19)16(18(27)20(30-14)4-3-5-28-20)26-8-13(24-25-26)10-6-11(21)15(23)12(22)7-10/h6-8,14,16-18,27H,3-5,9H2,1-2H3/t14-,16+,17+,18?,20+/m1/s1. The maximum absolute atomic E-state index is 13.7. The lowest BCUT2D eigenvalue weighted by Crippen LogP contribution is -2.66. The first kappa shape index (κ1) is 20.8. The summed E-state index contributed by atoms with van der Waals surface area (Å²) < 4.78 is 65.7. The van der Waals surface area contributed by atoms with Gasteiger partial charge in [0, 0.05) is 12.0 Å². The van der Waals surface area contributed by atoms with Crippen molar-refractivity contribution in [3.8, 4) is 11.3 Å². The highest BCUT2D eigenvalue weighted by Crippen LogP contribution is 2.46. The van der Waals surface area contributed by atoms with Crippen LogP contribution in [0.25, 0.3) is 11.3 Å². The average Bonchev–Trinajstić information content (AvgIpc) is 3.38. The molecule has 1 N–H and O–H groups in total. The Morgan fingerprint density at radius 2 is 1.87 bits per heavy atom. The third-order valence-electron chi connectivity index (χ3n) is 5.95. The highest BCUT2D eigenvalue weighted by atomic mass is 19.2. The van der Waals surface area contributed by atoms with Crippen molar-refractivity contribution >= 4 is 0 Å².